The highest BCUT2D eigenvalue weighted by molar-refractivity contribution is 9.13. The maximum Gasteiger partial charge on any atom is 0.122 e. The molecule has 0 amide bonds. The van der Waals surface area contributed by atoms with Crippen molar-refractivity contribution < 1.29 is 9.84 Å². The maximum atomic E-state index is 10.6. The predicted molar refractivity (Wildman–Crippen MR) is 84.0 cm³/mol. The Bertz CT molecular complexity index is 577. The quantitative estimate of drug-likeness (QED) is 0.774. The zero-order chi connectivity index (χ0) is 13.4. The van der Waals surface area contributed by atoms with Crippen molar-refractivity contribution in [1.29, 1.82) is 0 Å². The van der Waals surface area contributed by atoms with Gasteiger partial charge in [0, 0.05) is 20.8 Å². The standard InChI is InChI=1S/C14H12Br2O2S/c15-10-7-12(19-14(10)16)13(17)9-5-6-18-11-4-2-1-3-8(9)11/h1-4,7,9,13,17H,5-6H2. The average Bonchev–Trinajstić information content (AvgIpc) is 2.77. The number of fused-ring (bicyclic) bond motifs is 1. The van der Waals surface area contributed by atoms with Gasteiger partial charge in [-0.15, -0.1) is 11.3 Å². The Morgan fingerprint density at radius 3 is 2.84 bits per heavy atom. The van der Waals surface area contributed by atoms with Gasteiger partial charge >= 0.3 is 0 Å². The van der Waals surface area contributed by atoms with E-state index < -0.39 is 6.10 Å². The van der Waals surface area contributed by atoms with Crippen molar-refractivity contribution in [3.8, 4) is 5.75 Å². The summed E-state index contributed by atoms with van der Waals surface area (Å²) in [7, 11) is 0. The number of para-hydroxylation sites is 1. The lowest BCUT2D eigenvalue weighted by Gasteiger charge is -2.29. The third-order valence-electron chi connectivity index (χ3n) is 3.34. The molecule has 2 unspecified atom stereocenters. The van der Waals surface area contributed by atoms with Crippen LogP contribution in [0.5, 0.6) is 5.75 Å². The first kappa shape index (κ1) is 13.6. The highest BCUT2D eigenvalue weighted by Gasteiger charge is 2.29. The van der Waals surface area contributed by atoms with Crippen molar-refractivity contribution in [2.45, 2.75) is 18.4 Å². The normalized spacial score (nSPS) is 19.6. The van der Waals surface area contributed by atoms with E-state index in [4.69, 9.17) is 4.74 Å². The van der Waals surface area contributed by atoms with Crippen molar-refractivity contribution >= 4 is 43.2 Å². The van der Waals surface area contributed by atoms with Crippen LogP contribution in [-0.2, 0) is 0 Å². The molecular weight excluding hydrogens is 392 g/mol. The van der Waals surface area contributed by atoms with Crippen LogP contribution in [0.25, 0.3) is 0 Å². The average molecular weight is 404 g/mol. The molecule has 0 fully saturated rings. The Kier molecular flexibility index (Phi) is 3.98. The highest BCUT2D eigenvalue weighted by Crippen LogP contribution is 2.45. The number of aliphatic hydroxyl groups is 1. The summed E-state index contributed by atoms with van der Waals surface area (Å²) in [5.41, 5.74) is 1.10. The molecule has 2 nitrogen and oxygen atoms in total. The lowest BCUT2D eigenvalue weighted by molar-refractivity contribution is 0.120. The number of rotatable bonds is 2. The Morgan fingerprint density at radius 2 is 2.11 bits per heavy atom. The van der Waals surface area contributed by atoms with Crippen molar-refractivity contribution in [2.24, 2.45) is 0 Å². The topological polar surface area (TPSA) is 29.5 Å². The minimum absolute atomic E-state index is 0.0994. The van der Waals surface area contributed by atoms with E-state index in [9.17, 15) is 5.11 Å². The Hall–Kier alpha value is -0.360. The van der Waals surface area contributed by atoms with E-state index >= 15 is 0 Å². The Morgan fingerprint density at radius 1 is 1.32 bits per heavy atom. The van der Waals surface area contributed by atoms with E-state index in [2.05, 4.69) is 31.9 Å². The van der Waals surface area contributed by atoms with E-state index in [1.165, 1.54) is 0 Å². The van der Waals surface area contributed by atoms with Crippen LogP contribution in [0.3, 0.4) is 0 Å². The van der Waals surface area contributed by atoms with Gasteiger partial charge in [-0.05, 0) is 50.4 Å². The highest BCUT2D eigenvalue weighted by atomic mass is 79.9. The Labute approximate surface area is 132 Å². The molecule has 2 atom stereocenters. The third-order valence-corrected chi connectivity index (χ3v) is 6.67. The molecule has 0 radical (unpaired) electrons. The second kappa shape index (κ2) is 5.56. The van der Waals surface area contributed by atoms with Crippen molar-refractivity contribution in [3.05, 3.63) is 49.0 Å². The zero-order valence-electron chi connectivity index (χ0n) is 9.98. The lowest BCUT2D eigenvalue weighted by Crippen LogP contribution is -2.19. The van der Waals surface area contributed by atoms with E-state index in [1.54, 1.807) is 11.3 Å². The summed E-state index contributed by atoms with van der Waals surface area (Å²) in [5, 5.41) is 10.6. The molecule has 1 N–H and O–H groups in total. The van der Waals surface area contributed by atoms with Gasteiger partial charge in [0.15, 0.2) is 0 Å². The predicted octanol–water partition coefficient (Wildman–Crippen LogP) is 4.87. The molecule has 100 valence electrons. The van der Waals surface area contributed by atoms with Crippen LogP contribution in [0.2, 0.25) is 0 Å². The minimum atomic E-state index is -0.488. The summed E-state index contributed by atoms with van der Waals surface area (Å²) >= 11 is 8.51. The molecular formula is C14H12Br2O2S. The van der Waals surface area contributed by atoms with Crippen LogP contribution in [0.4, 0.5) is 0 Å². The summed E-state index contributed by atoms with van der Waals surface area (Å²) in [6, 6.07) is 9.95. The van der Waals surface area contributed by atoms with Crippen LogP contribution in [0, 0.1) is 0 Å². The SMILES string of the molecule is OC(c1cc(Br)c(Br)s1)C1CCOc2ccccc21. The van der Waals surface area contributed by atoms with Crippen LogP contribution >= 0.6 is 43.2 Å². The summed E-state index contributed by atoms with van der Waals surface area (Å²) in [4.78, 5) is 0.973. The molecule has 3 rings (SSSR count). The molecule has 1 aliphatic rings. The molecule has 0 saturated carbocycles. The summed E-state index contributed by atoms with van der Waals surface area (Å²) < 4.78 is 7.65. The minimum Gasteiger partial charge on any atom is -0.493 e. The molecule has 0 spiro atoms. The van der Waals surface area contributed by atoms with E-state index in [1.807, 2.05) is 30.3 Å². The zero-order valence-corrected chi connectivity index (χ0v) is 14.0. The van der Waals surface area contributed by atoms with Gasteiger partial charge < -0.3 is 9.84 Å². The largest absolute Gasteiger partial charge is 0.493 e. The molecule has 1 aliphatic heterocycles. The van der Waals surface area contributed by atoms with E-state index in [-0.39, 0.29) is 5.92 Å². The molecule has 2 aromatic rings. The molecule has 1 aromatic carbocycles. The second-order valence-electron chi connectivity index (χ2n) is 4.50. The maximum absolute atomic E-state index is 10.6. The van der Waals surface area contributed by atoms with E-state index in [0.29, 0.717) is 6.61 Å². The van der Waals surface area contributed by atoms with Gasteiger partial charge in [-0.1, -0.05) is 18.2 Å². The van der Waals surface area contributed by atoms with Gasteiger partial charge in [0.25, 0.3) is 0 Å². The van der Waals surface area contributed by atoms with Crippen LogP contribution < -0.4 is 4.74 Å². The molecule has 1 aromatic heterocycles. The summed E-state index contributed by atoms with van der Waals surface area (Å²) in [5.74, 6) is 0.995. The van der Waals surface area contributed by atoms with Crippen molar-refractivity contribution in [3.63, 3.8) is 0 Å². The van der Waals surface area contributed by atoms with Gasteiger partial charge in [-0.25, -0.2) is 0 Å². The van der Waals surface area contributed by atoms with Crippen LogP contribution in [0.1, 0.15) is 28.9 Å². The van der Waals surface area contributed by atoms with Gasteiger partial charge in [0.05, 0.1) is 16.5 Å². The van der Waals surface area contributed by atoms with Crippen molar-refractivity contribution in [2.75, 3.05) is 6.61 Å². The van der Waals surface area contributed by atoms with Crippen LogP contribution in [-0.4, -0.2) is 11.7 Å². The first-order valence-electron chi connectivity index (χ1n) is 6.01. The number of hydrogen-bond donors (Lipinski definition) is 1. The van der Waals surface area contributed by atoms with Crippen molar-refractivity contribution in [1.82, 2.24) is 0 Å². The smallest absolute Gasteiger partial charge is 0.122 e. The summed E-state index contributed by atoms with van der Waals surface area (Å²) in [6.07, 6.45) is 0.350. The third kappa shape index (κ3) is 2.61. The van der Waals surface area contributed by atoms with Gasteiger partial charge in [-0.3, -0.25) is 0 Å². The molecule has 0 saturated heterocycles. The van der Waals surface area contributed by atoms with Gasteiger partial charge in [0.2, 0.25) is 0 Å². The molecule has 19 heavy (non-hydrogen) atoms. The number of thiophene rings is 1. The molecule has 0 bridgehead atoms. The van der Waals surface area contributed by atoms with E-state index in [0.717, 1.165) is 30.9 Å². The summed E-state index contributed by atoms with van der Waals surface area (Å²) in [6.45, 7) is 0.659. The first-order chi connectivity index (χ1) is 9.16. The number of hydrogen-bond acceptors (Lipinski definition) is 3. The number of ether oxygens (including phenoxy) is 1. The molecule has 0 aliphatic carbocycles. The lowest BCUT2D eigenvalue weighted by atomic mass is 9.87. The number of halogens is 2. The molecule has 2 heterocycles. The monoisotopic (exact) mass is 402 g/mol. The Balaban J connectivity index is 1.95. The van der Waals surface area contributed by atoms with Crippen LogP contribution in [0.15, 0.2) is 38.6 Å². The fourth-order valence-electron chi connectivity index (χ4n) is 2.40. The fraction of sp³-hybridized carbons (Fsp3) is 0.286. The van der Waals surface area contributed by atoms with Gasteiger partial charge in [0.1, 0.15) is 5.75 Å². The first-order valence-corrected chi connectivity index (χ1v) is 8.41. The fourth-order valence-corrected chi connectivity index (χ4v) is 4.55. The number of benzene rings is 1. The number of aliphatic hydroxyl groups excluding tert-OH is 1. The second-order valence-corrected chi connectivity index (χ2v) is 7.75. The van der Waals surface area contributed by atoms with Gasteiger partial charge in [-0.2, -0.15) is 0 Å². The molecule has 5 heteroatoms.